The van der Waals surface area contributed by atoms with Gasteiger partial charge in [-0.05, 0) is 29.8 Å². The Labute approximate surface area is 171 Å². The molecular weight excluding hydrogens is 382 g/mol. The maximum absolute atomic E-state index is 12.3. The minimum atomic E-state index is -1.06. The maximum atomic E-state index is 12.3. The quantitative estimate of drug-likeness (QED) is 0.515. The van der Waals surface area contributed by atoms with Crippen LogP contribution >= 0.6 is 0 Å². The van der Waals surface area contributed by atoms with E-state index in [2.05, 4.69) is 20.6 Å². The summed E-state index contributed by atoms with van der Waals surface area (Å²) in [6.45, 7) is 0. The molecule has 0 unspecified atom stereocenters. The number of pyridine rings is 1. The third kappa shape index (κ3) is 4.22. The Morgan fingerprint density at radius 2 is 1.87 bits per heavy atom. The molecule has 0 saturated carbocycles. The first-order valence-electron chi connectivity index (χ1n) is 9.14. The summed E-state index contributed by atoms with van der Waals surface area (Å²) in [4.78, 5) is 27.7. The number of carbonyl (C=O) groups is 2. The molecule has 2 heterocycles. The van der Waals surface area contributed by atoms with Gasteiger partial charge in [-0.3, -0.25) is 9.78 Å². The monoisotopic (exact) mass is 399 g/mol. The molecule has 2 N–H and O–H groups in total. The summed E-state index contributed by atoms with van der Waals surface area (Å²) in [6, 6.07) is 18.1. The number of carbonyl (C=O) groups excluding carboxylic acids is 1. The SMILES string of the molecule is O=C(Cc1ccccc1)Nc1cccc(-n2cc(-c3cnccc3C(=O)O)nn2)c1. The average molecular weight is 399 g/mol. The summed E-state index contributed by atoms with van der Waals surface area (Å²) in [5.74, 6) is -1.19. The van der Waals surface area contributed by atoms with Crippen molar-refractivity contribution in [3.63, 3.8) is 0 Å². The number of rotatable bonds is 6. The number of carboxylic acids is 1. The molecule has 4 aromatic rings. The van der Waals surface area contributed by atoms with Crippen molar-refractivity contribution in [3.8, 4) is 16.9 Å². The molecule has 0 radical (unpaired) electrons. The molecule has 0 aliphatic heterocycles. The molecule has 0 spiro atoms. The summed E-state index contributed by atoms with van der Waals surface area (Å²) in [5, 5.41) is 20.4. The molecule has 0 aliphatic carbocycles. The predicted octanol–water partition coefficient (Wildman–Crippen LogP) is 3.21. The Kier molecular flexibility index (Phi) is 5.29. The first kappa shape index (κ1) is 19.0. The minimum Gasteiger partial charge on any atom is -0.478 e. The molecule has 30 heavy (non-hydrogen) atoms. The van der Waals surface area contributed by atoms with Crippen LogP contribution in [0.25, 0.3) is 16.9 Å². The van der Waals surface area contributed by atoms with Gasteiger partial charge in [-0.1, -0.05) is 41.6 Å². The van der Waals surface area contributed by atoms with E-state index in [0.717, 1.165) is 5.56 Å². The van der Waals surface area contributed by atoms with E-state index in [4.69, 9.17) is 0 Å². The van der Waals surface area contributed by atoms with Gasteiger partial charge in [0.1, 0.15) is 5.69 Å². The molecular formula is C22H17N5O3. The van der Waals surface area contributed by atoms with E-state index >= 15 is 0 Å². The second-order valence-corrected chi connectivity index (χ2v) is 6.54. The topological polar surface area (TPSA) is 110 Å². The molecule has 0 aliphatic rings. The molecule has 0 fully saturated rings. The van der Waals surface area contributed by atoms with Crippen molar-refractivity contribution in [2.75, 3.05) is 5.32 Å². The van der Waals surface area contributed by atoms with E-state index in [0.29, 0.717) is 22.6 Å². The van der Waals surface area contributed by atoms with E-state index in [1.165, 1.54) is 23.1 Å². The van der Waals surface area contributed by atoms with Crippen LogP contribution in [-0.4, -0.2) is 37.0 Å². The molecule has 2 aromatic carbocycles. The Hall–Kier alpha value is -4.33. The lowest BCUT2D eigenvalue weighted by Crippen LogP contribution is -2.14. The van der Waals surface area contributed by atoms with Gasteiger partial charge >= 0.3 is 5.97 Å². The highest BCUT2D eigenvalue weighted by molar-refractivity contribution is 5.95. The number of carboxylic acid groups (broad SMARTS) is 1. The van der Waals surface area contributed by atoms with Gasteiger partial charge in [-0.25, -0.2) is 9.48 Å². The standard InChI is InChI=1S/C22H17N5O3/c28-21(11-15-5-2-1-3-6-15)24-16-7-4-8-17(12-16)27-14-20(25-26-27)19-13-23-10-9-18(19)22(29)30/h1-10,12-14H,11H2,(H,24,28)(H,29,30). The third-order valence-corrected chi connectivity index (χ3v) is 4.42. The van der Waals surface area contributed by atoms with Crippen LogP contribution in [0.5, 0.6) is 0 Å². The number of hydrogen-bond acceptors (Lipinski definition) is 5. The summed E-state index contributed by atoms with van der Waals surface area (Å²) >= 11 is 0. The predicted molar refractivity (Wildman–Crippen MR) is 110 cm³/mol. The van der Waals surface area contributed by atoms with Gasteiger partial charge in [0.25, 0.3) is 0 Å². The van der Waals surface area contributed by atoms with E-state index in [-0.39, 0.29) is 17.9 Å². The molecule has 0 saturated heterocycles. The summed E-state index contributed by atoms with van der Waals surface area (Å²) in [5.41, 5.74) is 3.09. The fourth-order valence-corrected chi connectivity index (χ4v) is 3.01. The fourth-order valence-electron chi connectivity index (χ4n) is 3.01. The number of amides is 1. The number of aromatic nitrogens is 4. The molecule has 2 aromatic heterocycles. The van der Waals surface area contributed by atoms with Gasteiger partial charge in [0.15, 0.2) is 0 Å². The first-order chi connectivity index (χ1) is 14.6. The van der Waals surface area contributed by atoms with Crippen LogP contribution in [0.4, 0.5) is 5.69 Å². The van der Waals surface area contributed by atoms with Crippen LogP contribution in [-0.2, 0) is 11.2 Å². The molecule has 8 nitrogen and oxygen atoms in total. The van der Waals surface area contributed by atoms with E-state index in [1.807, 2.05) is 36.4 Å². The maximum Gasteiger partial charge on any atom is 0.336 e. The minimum absolute atomic E-state index is 0.0963. The lowest BCUT2D eigenvalue weighted by Gasteiger charge is -2.07. The van der Waals surface area contributed by atoms with Crippen LogP contribution in [0.2, 0.25) is 0 Å². The highest BCUT2D eigenvalue weighted by Crippen LogP contribution is 2.22. The fraction of sp³-hybridized carbons (Fsp3) is 0.0455. The van der Waals surface area contributed by atoms with Gasteiger partial charge in [-0.15, -0.1) is 5.10 Å². The lowest BCUT2D eigenvalue weighted by atomic mass is 10.1. The van der Waals surface area contributed by atoms with Crippen molar-refractivity contribution in [2.24, 2.45) is 0 Å². The Morgan fingerprint density at radius 3 is 2.67 bits per heavy atom. The second-order valence-electron chi connectivity index (χ2n) is 6.54. The van der Waals surface area contributed by atoms with E-state index in [1.54, 1.807) is 24.4 Å². The Morgan fingerprint density at radius 1 is 1.03 bits per heavy atom. The highest BCUT2D eigenvalue weighted by atomic mass is 16.4. The number of aromatic carboxylic acids is 1. The number of nitrogens with one attached hydrogen (secondary N) is 1. The van der Waals surface area contributed by atoms with Crippen molar-refractivity contribution in [1.82, 2.24) is 20.0 Å². The largest absolute Gasteiger partial charge is 0.478 e. The van der Waals surface area contributed by atoms with Crippen molar-refractivity contribution >= 4 is 17.6 Å². The number of nitrogens with zero attached hydrogens (tertiary/aromatic N) is 4. The zero-order valence-corrected chi connectivity index (χ0v) is 15.8. The first-order valence-corrected chi connectivity index (χ1v) is 9.14. The van der Waals surface area contributed by atoms with Crippen molar-refractivity contribution in [1.29, 1.82) is 0 Å². The van der Waals surface area contributed by atoms with Crippen LogP contribution < -0.4 is 5.32 Å². The number of benzene rings is 2. The van der Waals surface area contributed by atoms with E-state index in [9.17, 15) is 14.7 Å². The number of hydrogen-bond donors (Lipinski definition) is 2. The van der Waals surface area contributed by atoms with Crippen molar-refractivity contribution in [2.45, 2.75) is 6.42 Å². The lowest BCUT2D eigenvalue weighted by molar-refractivity contribution is -0.115. The second kappa shape index (κ2) is 8.36. The van der Waals surface area contributed by atoms with Gasteiger partial charge in [0.2, 0.25) is 5.91 Å². The van der Waals surface area contributed by atoms with Crippen LogP contribution in [0.1, 0.15) is 15.9 Å². The Bertz CT molecular complexity index is 1200. The summed E-state index contributed by atoms with van der Waals surface area (Å²) in [6.07, 6.45) is 4.75. The molecule has 4 rings (SSSR count). The van der Waals surface area contributed by atoms with Crippen molar-refractivity contribution < 1.29 is 14.7 Å². The molecule has 8 heteroatoms. The van der Waals surface area contributed by atoms with Crippen LogP contribution in [0.15, 0.2) is 79.3 Å². The normalized spacial score (nSPS) is 10.5. The van der Waals surface area contributed by atoms with Gasteiger partial charge in [0.05, 0.1) is 23.9 Å². The molecule has 148 valence electrons. The smallest absolute Gasteiger partial charge is 0.336 e. The third-order valence-electron chi connectivity index (χ3n) is 4.42. The summed E-state index contributed by atoms with van der Waals surface area (Å²) in [7, 11) is 0. The Balaban J connectivity index is 1.54. The highest BCUT2D eigenvalue weighted by Gasteiger charge is 2.15. The van der Waals surface area contributed by atoms with Gasteiger partial charge in [-0.2, -0.15) is 0 Å². The van der Waals surface area contributed by atoms with Crippen LogP contribution in [0, 0.1) is 0 Å². The summed E-state index contributed by atoms with van der Waals surface area (Å²) < 4.78 is 1.51. The van der Waals surface area contributed by atoms with Crippen LogP contribution in [0.3, 0.4) is 0 Å². The van der Waals surface area contributed by atoms with Crippen molar-refractivity contribution in [3.05, 3.63) is 90.4 Å². The molecule has 0 bridgehead atoms. The van der Waals surface area contributed by atoms with Gasteiger partial charge < -0.3 is 10.4 Å². The molecule has 0 atom stereocenters. The zero-order valence-electron chi connectivity index (χ0n) is 15.8. The van der Waals surface area contributed by atoms with Gasteiger partial charge in [0, 0.05) is 23.6 Å². The van der Waals surface area contributed by atoms with E-state index < -0.39 is 5.97 Å². The average Bonchev–Trinajstić information content (AvgIpc) is 3.25. The molecule has 1 amide bonds. The zero-order chi connectivity index (χ0) is 20.9. The number of anilines is 1.